The van der Waals surface area contributed by atoms with Gasteiger partial charge in [0.25, 0.3) is 0 Å². The van der Waals surface area contributed by atoms with Crippen LogP contribution < -0.4 is 9.47 Å². The minimum atomic E-state index is -0.370. The topological polar surface area (TPSA) is 18.5 Å². The lowest BCUT2D eigenvalue weighted by atomic mass is 10.3. The molecule has 1 aromatic carbocycles. The van der Waals surface area contributed by atoms with Crippen LogP contribution in [0.2, 0.25) is 0 Å². The van der Waals surface area contributed by atoms with E-state index >= 15 is 0 Å². The second-order valence-electron chi connectivity index (χ2n) is 2.29. The molecule has 0 aliphatic rings. The Morgan fingerprint density at radius 1 is 1.46 bits per heavy atom. The SMILES string of the molecule is C#CCOc1ccc(F)cc1OC. The average Bonchev–Trinajstić information content (AvgIpc) is 2.16. The molecule has 3 heteroatoms. The molecular formula is C10H9FO2. The van der Waals surface area contributed by atoms with Crippen LogP contribution in [0, 0.1) is 18.2 Å². The van der Waals surface area contributed by atoms with Crippen molar-refractivity contribution in [3.05, 3.63) is 24.0 Å². The summed E-state index contributed by atoms with van der Waals surface area (Å²) in [4.78, 5) is 0. The van der Waals surface area contributed by atoms with E-state index in [1.807, 2.05) is 0 Å². The number of benzene rings is 1. The van der Waals surface area contributed by atoms with Gasteiger partial charge in [-0.15, -0.1) is 6.42 Å². The summed E-state index contributed by atoms with van der Waals surface area (Å²) in [7, 11) is 1.44. The predicted molar refractivity (Wildman–Crippen MR) is 47.3 cm³/mol. The molecule has 68 valence electrons. The number of terminal acetylenes is 1. The minimum absolute atomic E-state index is 0.141. The Morgan fingerprint density at radius 3 is 2.85 bits per heavy atom. The summed E-state index contributed by atoms with van der Waals surface area (Å²) in [6.45, 7) is 0.141. The number of ether oxygens (including phenoxy) is 2. The quantitative estimate of drug-likeness (QED) is 0.661. The first kappa shape index (κ1) is 9.40. The molecule has 1 rings (SSSR count). The van der Waals surface area contributed by atoms with Gasteiger partial charge in [0, 0.05) is 6.07 Å². The smallest absolute Gasteiger partial charge is 0.163 e. The fraction of sp³-hybridized carbons (Fsp3) is 0.200. The number of hydrogen-bond donors (Lipinski definition) is 0. The third-order valence-electron chi connectivity index (χ3n) is 1.44. The van der Waals surface area contributed by atoms with Gasteiger partial charge in [-0.3, -0.25) is 0 Å². The van der Waals surface area contributed by atoms with Gasteiger partial charge >= 0.3 is 0 Å². The minimum Gasteiger partial charge on any atom is -0.493 e. The van der Waals surface area contributed by atoms with Gasteiger partial charge in [0.2, 0.25) is 0 Å². The molecule has 0 saturated heterocycles. The molecule has 0 N–H and O–H groups in total. The molecule has 0 radical (unpaired) electrons. The summed E-state index contributed by atoms with van der Waals surface area (Å²) in [5, 5.41) is 0. The highest BCUT2D eigenvalue weighted by atomic mass is 19.1. The molecule has 1 aromatic rings. The van der Waals surface area contributed by atoms with Crippen molar-refractivity contribution in [2.45, 2.75) is 0 Å². The third-order valence-corrected chi connectivity index (χ3v) is 1.44. The fourth-order valence-corrected chi connectivity index (χ4v) is 0.880. The van der Waals surface area contributed by atoms with Gasteiger partial charge in [-0.05, 0) is 12.1 Å². The zero-order valence-corrected chi connectivity index (χ0v) is 7.21. The summed E-state index contributed by atoms with van der Waals surface area (Å²) in [6.07, 6.45) is 5.01. The van der Waals surface area contributed by atoms with Crippen LogP contribution in [0.5, 0.6) is 11.5 Å². The normalized spacial score (nSPS) is 9.00. The molecule has 0 aliphatic carbocycles. The van der Waals surface area contributed by atoms with E-state index in [1.165, 1.54) is 25.3 Å². The lowest BCUT2D eigenvalue weighted by Gasteiger charge is -2.07. The maximum absolute atomic E-state index is 12.7. The molecule has 2 nitrogen and oxygen atoms in total. The largest absolute Gasteiger partial charge is 0.493 e. The van der Waals surface area contributed by atoms with E-state index in [4.69, 9.17) is 15.9 Å². The molecule has 0 aromatic heterocycles. The Balaban J connectivity index is 2.87. The number of hydrogen-bond acceptors (Lipinski definition) is 2. The molecule has 0 atom stereocenters. The van der Waals surface area contributed by atoms with Crippen LogP contribution in [-0.2, 0) is 0 Å². The zero-order chi connectivity index (χ0) is 9.68. The maximum atomic E-state index is 12.7. The highest BCUT2D eigenvalue weighted by molar-refractivity contribution is 5.40. The molecule has 0 spiro atoms. The highest BCUT2D eigenvalue weighted by Gasteiger charge is 2.04. The van der Waals surface area contributed by atoms with Gasteiger partial charge in [-0.25, -0.2) is 4.39 Å². The Hall–Kier alpha value is -1.69. The van der Waals surface area contributed by atoms with Gasteiger partial charge in [-0.1, -0.05) is 5.92 Å². The molecule has 0 amide bonds. The molecule has 0 aliphatic heterocycles. The van der Waals surface area contributed by atoms with Crippen molar-refractivity contribution in [3.63, 3.8) is 0 Å². The Kier molecular flexibility index (Phi) is 3.15. The number of methoxy groups -OCH3 is 1. The van der Waals surface area contributed by atoms with E-state index < -0.39 is 0 Å². The van der Waals surface area contributed by atoms with Crippen LogP contribution in [-0.4, -0.2) is 13.7 Å². The van der Waals surface area contributed by atoms with Crippen LogP contribution in [0.25, 0.3) is 0 Å². The van der Waals surface area contributed by atoms with E-state index in [2.05, 4.69) is 5.92 Å². The summed E-state index contributed by atoms with van der Waals surface area (Å²) >= 11 is 0. The van der Waals surface area contributed by atoms with Crippen molar-refractivity contribution in [3.8, 4) is 23.8 Å². The van der Waals surface area contributed by atoms with Crippen molar-refractivity contribution in [1.82, 2.24) is 0 Å². The third kappa shape index (κ3) is 2.38. The van der Waals surface area contributed by atoms with Gasteiger partial charge in [0.1, 0.15) is 12.4 Å². The fourth-order valence-electron chi connectivity index (χ4n) is 0.880. The zero-order valence-electron chi connectivity index (χ0n) is 7.21. The molecule has 0 saturated carbocycles. The second-order valence-corrected chi connectivity index (χ2v) is 2.29. The summed E-state index contributed by atoms with van der Waals surface area (Å²) in [5.74, 6) is 2.73. The summed E-state index contributed by atoms with van der Waals surface area (Å²) in [5.41, 5.74) is 0. The van der Waals surface area contributed by atoms with Crippen molar-refractivity contribution in [2.24, 2.45) is 0 Å². The lowest BCUT2D eigenvalue weighted by molar-refractivity contribution is 0.329. The Labute approximate surface area is 76.3 Å². The van der Waals surface area contributed by atoms with E-state index in [0.29, 0.717) is 11.5 Å². The first-order valence-corrected chi connectivity index (χ1v) is 3.67. The Bertz CT molecular complexity index is 328. The molecule has 0 fully saturated rings. The van der Waals surface area contributed by atoms with Crippen LogP contribution in [0.4, 0.5) is 4.39 Å². The van der Waals surface area contributed by atoms with Crippen LogP contribution in [0.3, 0.4) is 0 Å². The van der Waals surface area contributed by atoms with Crippen molar-refractivity contribution in [2.75, 3.05) is 13.7 Å². The van der Waals surface area contributed by atoms with Crippen LogP contribution in [0.15, 0.2) is 18.2 Å². The number of halogens is 1. The van der Waals surface area contributed by atoms with Crippen molar-refractivity contribution < 1.29 is 13.9 Å². The van der Waals surface area contributed by atoms with Gasteiger partial charge in [-0.2, -0.15) is 0 Å². The van der Waals surface area contributed by atoms with Gasteiger partial charge in [0.05, 0.1) is 7.11 Å². The van der Waals surface area contributed by atoms with Crippen molar-refractivity contribution >= 4 is 0 Å². The molecule has 13 heavy (non-hydrogen) atoms. The second kappa shape index (κ2) is 4.36. The first-order valence-electron chi connectivity index (χ1n) is 3.67. The average molecular weight is 180 g/mol. The first-order chi connectivity index (χ1) is 6.27. The monoisotopic (exact) mass is 180 g/mol. The van der Waals surface area contributed by atoms with Gasteiger partial charge < -0.3 is 9.47 Å². The summed E-state index contributed by atoms with van der Waals surface area (Å²) in [6, 6.07) is 4.01. The van der Waals surface area contributed by atoms with E-state index in [1.54, 1.807) is 0 Å². The van der Waals surface area contributed by atoms with Crippen LogP contribution in [0.1, 0.15) is 0 Å². The van der Waals surface area contributed by atoms with Crippen molar-refractivity contribution in [1.29, 1.82) is 0 Å². The van der Waals surface area contributed by atoms with Crippen LogP contribution >= 0.6 is 0 Å². The highest BCUT2D eigenvalue weighted by Crippen LogP contribution is 2.27. The predicted octanol–water partition coefficient (Wildman–Crippen LogP) is 1.85. The number of rotatable bonds is 3. The molecule has 0 heterocycles. The molecule has 0 unspecified atom stereocenters. The van der Waals surface area contributed by atoms with Gasteiger partial charge in [0.15, 0.2) is 11.5 Å². The molecule has 0 bridgehead atoms. The Morgan fingerprint density at radius 2 is 2.23 bits per heavy atom. The lowest BCUT2D eigenvalue weighted by Crippen LogP contribution is -1.96. The standard InChI is InChI=1S/C10H9FO2/c1-3-6-13-9-5-4-8(11)7-10(9)12-2/h1,4-5,7H,6H2,2H3. The van der Waals surface area contributed by atoms with E-state index in [-0.39, 0.29) is 12.4 Å². The molecular weight excluding hydrogens is 171 g/mol. The summed E-state index contributed by atoms with van der Waals surface area (Å²) < 4.78 is 22.7. The maximum Gasteiger partial charge on any atom is 0.163 e. The van der Waals surface area contributed by atoms with E-state index in [0.717, 1.165) is 0 Å². The van der Waals surface area contributed by atoms with E-state index in [9.17, 15) is 4.39 Å².